The molecule has 0 spiro atoms. The van der Waals surface area contributed by atoms with E-state index in [1.54, 1.807) is 6.07 Å². The van der Waals surface area contributed by atoms with Gasteiger partial charge in [-0.05, 0) is 37.8 Å². The summed E-state index contributed by atoms with van der Waals surface area (Å²) >= 11 is 0. The lowest BCUT2D eigenvalue weighted by molar-refractivity contribution is 0.210. The van der Waals surface area contributed by atoms with Crippen LogP contribution in [0.3, 0.4) is 0 Å². The molecule has 2 aromatic rings. The number of rotatable bonds is 3. The van der Waals surface area contributed by atoms with Crippen LogP contribution in [0.4, 0.5) is 5.88 Å². The van der Waals surface area contributed by atoms with Gasteiger partial charge in [0, 0.05) is 11.6 Å². The minimum Gasteiger partial charge on any atom is -0.490 e. The maximum atomic E-state index is 5.95. The van der Waals surface area contributed by atoms with E-state index in [1.165, 1.54) is 12.8 Å². The first-order valence-corrected chi connectivity index (χ1v) is 6.30. The van der Waals surface area contributed by atoms with E-state index in [0.29, 0.717) is 12.0 Å². The van der Waals surface area contributed by atoms with Gasteiger partial charge in [-0.2, -0.15) is 0 Å². The van der Waals surface area contributed by atoms with Crippen molar-refractivity contribution in [1.82, 2.24) is 5.16 Å². The van der Waals surface area contributed by atoms with E-state index in [4.69, 9.17) is 15.0 Å². The summed E-state index contributed by atoms with van der Waals surface area (Å²) in [5.41, 5.74) is 7.23. The molecule has 1 aromatic carbocycles. The van der Waals surface area contributed by atoms with Crippen LogP contribution in [0.2, 0.25) is 0 Å². The molecule has 0 saturated heterocycles. The molecule has 18 heavy (non-hydrogen) atoms. The van der Waals surface area contributed by atoms with Gasteiger partial charge in [-0.3, -0.25) is 0 Å². The van der Waals surface area contributed by atoms with Crippen LogP contribution in [0.25, 0.3) is 11.3 Å². The maximum Gasteiger partial charge on any atom is 0.222 e. The third kappa shape index (κ3) is 2.32. The Hall–Kier alpha value is -1.97. The van der Waals surface area contributed by atoms with Crippen LogP contribution in [0.5, 0.6) is 5.75 Å². The molecule has 4 heteroatoms. The van der Waals surface area contributed by atoms with E-state index in [1.807, 2.05) is 24.3 Å². The van der Waals surface area contributed by atoms with Crippen molar-refractivity contribution in [3.8, 4) is 17.0 Å². The van der Waals surface area contributed by atoms with Gasteiger partial charge < -0.3 is 15.0 Å². The highest BCUT2D eigenvalue weighted by molar-refractivity contribution is 5.62. The van der Waals surface area contributed by atoms with Crippen molar-refractivity contribution in [3.05, 3.63) is 30.3 Å². The molecule has 0 radical (unpaired) electrons. The Morgan fingerprint density at radius 2 is 2.06 bits per heavy atom. The minimum atomic E-state index is 0.326. The molecule has 1 aliphatic rings. The fraction of sp³-hybridized carbons (Fsp3) is 0.357. The summed E-state index contributed by atoms with van der Waals surface area (Å²) in [6.07, 6.45) is 5.21. The first kappa shape index (κ1) is 11.1. The Morgan fingerprint density at radius 1 is 1.22 bits per heavy atom. The average molecular weight is 244 g/mol. The van der Waals surface area contributed by atoms with Crippen molar-refractivity contribution in [2.45, 2.75) is 31.8 Å². The number of hydrogen-bond acceptors (Lipinski definition) is 4. The summed E-state index contributed by atoms with van der Waals surface area (Å²) in [4.78, 5) is 0. The number of nitrogens with zero attached hydrogens (tertiary/aromatic N) is 1. The summed E-state index contributed by atoms with van der Waals surface area (Å²) in [5.74, 6) is 1.22. The molecule has 0 unspecified atom stereocenters. The second-order valence-corrected chi connectivity index (χ2v) is 4.67. The smallest absolute Gasteiger partial charge is 0.222 e. The zero-order valence-corrected chi connectivity index (χ0v) is 10.1. The fourth-order valence-corrected chi connectivity index (χ4v) is 2.35. The topological polar surface area (TPSA) is 61.3 Å². The second-order valence-electron chi connectivity index (χ2n) is 4.67. The van der Waals surface area contributed by atoms with Crippen LogP contribution in [0.1, 0.15) is 25.7 Å². The summed E-state index contributed by atoms with van der Waals surface area (Å²) < 4.78 is 10.8. The van der Waals surface area contributed by atoms with Gasteiger partial charge in [-0.25, -0.2) is 0 Å². The number of ether oxygens (including phenoxy) is 1. The lowest BCUT2D eigenvalue weighted by Gasteiger charge is -2.13. The average Bonchev–Trinajstić information content (AvgIpc) is 3.01. The van der Waals surface area contributed by atoms with Crippen molar-refractivity contribution in [2.75, 3.05) is 5.73 Å². The van der Waals surface area contributed by atoms with Crippen molar-refractivity contribution in [1.29, 1.82) is 0 Å². The van der Waals surface area contributed by atoms with E-state index in [-0.39, 0.29) is 0 Å². The molecule has 0 bridgehead atoms. The van der Waals surface area contributed by atoms with Crippen LogP contribution in [0.15, 0.2) is 34.9 Å². The molecule has 3 rings (SSSR count). The van der Waals surface area contributed by atoms with Crippen LogP contribution < -0.4 is 10.5 Å². The molecule has 4 nitrogen and oxygen atoms in total. The fourth-order valence-electron chi connectivity index (χ4n) is 2.35. The van der Waals surface area contributed by atoms with Gasteiger partial charge in [-0.15, -0.1) is 0 Å². The van der Waals surface area contributed by atoms with Gasteiger partial charge in [-0.1, -0.05) is 17.3 Å². The molecule has 1 heterocycles. The quantitative estimate of drug-likeness (QED) is 0.900. The Labute approximate surface area is 106 Å². The maximum absolute atomic E-state index is 5.95. The highest BCUT2D eigenvalue weighted by Gasteiger charge is 2.16. The SMILES string of the molecule is Nc1cc(-c2cccc(OC3CCCC3)c2)no1. The summed E-state index contributed by atoms with van der Waals surface area (Å²) in [5, 5.41) is 3.90. The lowest BCUT2D eigenvalue weighted by atomic mass is 10.1. The summed E-state index contributed by atoms with van der Waals surface area (Å²) in [6.45, 7) is 0. The number of aromatic nitrogens is 1. The highest BCUT2D eigenvalue weighted by Crippen LogP contribution is 2.28. The second kappa shape index (κ2) is 4.72. The molecule has 0 amide bonds. The van der Waals surface area contributed by atoms with Gasteiger partial charge in [0.15, 0.2) is 0 Å². The molecule has 1 aliphatic carbocycles. The van der Waals surface area contributed by atoms with Gasteiger partial charge in [0.1, 0.15) is 11.4 Å². The third-order valence-corrected chi connectivity index (χ3v) is 3.26. The van der Waals surface area contributed by atoms with Crippen LogP contribution >= 0.6 is 0 Å². The Bertz CT molecular complexity index is 530. The summed E-state index contributed by atoms with van der Waals surface area (Å²) in [6, 6.07) is 9.61. The molecule has 1 fully saturated rings. The Balaban J connectivity index is 1.80. The van der Waals surface area contributed by atoms with Crippen LogP contribution in [0, 0.1) is 0 Å². The normalized spacial score (nSPS) is 16.0. The van der Waals surface area contributed by atoms with Gasteiger partial charge >= 0.3 is 0 Å². The lowest BCUT2D eigenvalue weighted by Crippen LogP contribution is -2.10. The first-order chi connectivity index (χ1) is 8.81. The molecular weight excluding hydrogens is 228 g/mol. The molecule has 2 N–H and O–H groups in total. The van der Waals surface area contributed by atoms with Crippen molar-refractivity contribution in [2.24, 2.45) is 0 Å². The minimum absolute atomic E-state index is 0.326. The molecular formula is C14H16N2O2. The number of hydrogen-bond donors (Lipinski definition) is 1. The molecule has 0 atom stereocenters. The van der Waals surface area contributed by atoms with Gasteiger partial charge in [0.05, 0.1) is 6.10 Å². The van der Waals surface area contributed by atoms with Crippen LogP contribution in [-0.4, -0.2) is 11.3 Å². The van der Waals surface area contributed by atoms with E-state index >= 15 is 0 Å². The van der Waals surface area contributed by atoms with Crippen LogP contribution in [-0.2, 0) is 0 Å². The van der Waals surface area contributed by atoms with Crippen molar-refractivity contribution < 1.29 is 9.26 Å². The molecule has 1 saturated carbocycles. The number of benzene rings is 1. The standard InChI is InChI=1S/C14H16N2O2/c15-14-9-13(16-18-14)10-4-3-7-12(8-10)17-11-5-1-2-6-11/h3-4,7-9,11H,1-2,5-6,15H2. The number of anilines is 1. The van der Waals surface area contributed by atoms with Crippen molar-refractivity contribution in [3.63, 3.8) is 0 Å². The zero-order valence-electron chi connectivity index (χ0n) is 10.1. The largest absolute Gasteiger partial charge is 0.490 e. The molecule has 0 aliphatic heterocycles. The van der Waals surface area contributed by atoms with Gasteiger partial charge in [0.25, 0.3) is 0 Å². The van der Waals surface area contributed by atoms with E-state index < -0.39 is 0 Å². The van der Waals surface area contributed by atoms with Gasteiger partial charge in [0.2, 0.25) is 5.88 Å². The highest BCUT2D eigenvalue weighted by atomic mass is 16.5. The predicted octanol–water partition coefficient (Wildman–Crippen LogP) is 3.25. The van der Waals surface area contributed by atoms with E-state index in [9.17, 15) is 0 Å². The molecule has 94 valence electrons. The number of nitrogen functional groups attached to an aromatic ring is 1. The predicted molar refractivity (Wildman–Crippen MR) is 69.2 cm³/mol. The van der Waals surface area contributed by atoms with E-state index in [2.05, 4.69) is 5.16 Å². The first-order valence-electron chi connectivity index (χ1n) is 6.30. The molecule has 1 aromatic heterocycles. The van der Waals surface area contributed by atoms with E-state index in [0.717, 1.165) is 29.8 Å². The summed E-state index contributed by atoms with van der Waals surface area (Å²) in [7, 11) is 0. The van der Waals surface area contributed by atoms with Crippen molar-refractivity contribution >= 4 is 5.88 Å². The Morgan fingerprint density at radius 3 is 2.78 bits per heavy atom. The third-order valence-electron chi connectivity index (χ3n) is 3.26. The zero-order chi connectivity index (χ0) is 12.4. The monoisotopic (exact) mass is 244 g/mol. The number of nitrogens with two attached hydrogens (primary N) is 1. The Kier molecular flexibility index (Phi) is 2.92.